The highest BCUT2D eigenvalue weighted by Crippen LogP contribution is 2.24. The average molecular weight is 209 g/mol. The van der Waals surface area contributed by atoms with Gasteiger partial charge in [0.15, 0.2) is 0 Å². The van der Waals surface area contributed by atoms with Crippen LogP contribution in [0.3, 0.4) is 0 Å². The van der Waals surface area contributed by atoms with E-state index in [9.17, 15) is 0 Å². The highest BCUT2D eigenvalue weighted by Gasteiger charge is 2.20. The summed E-state index contributed by atoms with van der Waals surface area (Å²) < 4.78 is 5.81. The van der Waals surface area contributed by atoms with Crippen molar-refractivity contribution in [2.45, 2.75) is 46.6 Å². The molecule has 0 bridgehead atoms. The maximum atomic E-state index is 5.81. The normalized spacial score (nSPS) is 11.5. The number of ether oxygens (including phenoxy) is 1. The van der Waals surface area contributed by atoms with Crippen LogP contribution in [0.4, 0.5) is 5.82 Å². The number of rotatable bonds is 3. The first-order valence-corrected chi connectivity index (χ1v) is 5.15. The van der Waals surface area contributed by atoms with E-state index in [0.717, 1.165) is 12.0 Å². The predicted octanol–water partition coefficient (Wildman–Crippen LogP) is 2.24. The van der Waals surface area contributed by atoms with E-state index < -0.39 is 0 Å². The summed E-state index contributed by atoms with van der Waals surface area (Å²) in [6.45, 7) is 9.81. The zero-order valence-electron chi connectivity index (χ0n) is 10.1. The Balaban J connectivity index is 3.05. The summed E-state index contributed by atoms with van der Waals surface area (Å²) in [6, 6.07) is 0. The van der Waals surface area contributed by atoms with Gasteiger partial charge in [-0.25, -0.2) is 4.98 Å². The number of nitrogens with zero attached hydrogens (tertiary/aromatic N) is 2. The summed E-state index contributed by atoms with van der Waals surface area (Å²) >= 11 is 0. The van der Waals surface area contributed by atoms with E-state index in [0.29, 0.717) is 17.5 Å². The van der Waals surface area contributed by atoms with Crippen molar-refractivity contribution in [2.24, 2.45) is 0 Å². The summed E-state index contributed by atoms with van der Waals surface area (Å²) in [6.07, 6.45) is 0.912. The first-order valence-electron chi connectivity index (χ1n) is 5.15. The molecule has 0 fully saturated rings. The standard InChI is InChI=1S/C11H19N3O/c1-6-11(4,5)15-10-7(2)9(12)13-8(3)14-10/h6H2,1-5H3,(H2,12,13,14). The molecule has 1 aromatic heterocycles. The molecule has 15 heavy (non-hydrogen) atoms. The molecule has 0 saturated heterocycles. The SMILES string of the molecule is CCC(C)(C)Oc1nc(C)nc(N)c1C. The van der Waals surface area contributed by atoms with Crippen LogP contribution in [0.2, 0.25) is 0 Å². The summed E-state index contributed by atoms with van der Waals surface area (Å²) in [7, 11) is 0. The molecule has 1 heterocycles. The van der Waals surface area contributed by atoms with Crippen LogP contribution >= 0.6 is 0 Å². The van der Waals surface area contributed by atoms with Crippen molar-refractivity contribution in [1.29, 1.82) is 0 Å². The molecule has 0 aliphatic carbocycles. The quantitative estimate of drug-likeness (QED) is 0.829. The third-order valence-corrected chi connectivity index (χ3v) is 2.48. The molecular weight excluding hydrogens is 190 g/mol. The van der Waals surface area contributed by atoms with Gasteiger partial charge in [0.1, 0.15) is 17.2 Å². The third kappa shape index (κ3) is 2.81. The molecule has 0 amide bonds. The van der Waals surface area contributed by atoms with Gasteiger partial charge < -0.3 is 10.5 Å². The van der Waals surface area contributed by atoms with Crippen LogP contribution in [0.25, 0.3) is 0 Å². The van der Waals surface area contributed by atoms with Crippen molar-refractivity contribution in [3.05, 3.63) is 11.4 Å². The van der Waals surface area contributed by atoms with Crippen LogP contribution in [0, 0.1) is 13.8 Å². The Morgan fingerprint density at radius 2 is 1.87 bits per heavy atom. The van der Waals surface area contributed by atoms with Gasteiger partial charge in [-0.15, -0.1) is 0 Å². The van der Waals surface area contributed by atoms with Gasteiger partial charge in [0.05, 0.1) is 5.56 Å². The van der Waals surface area contributed by atoms with Gasteiger partial charge in [0, 0.05) is 0 Å². The molecule has 4 nitrogen and oxygen atoms in total. The minimum atomic E-state index is -0.224. The fraction of sp³-hybridized carbons (Fsp3) is 0.636. The minimum Gasteiger partial charge on any atom is -0.471 e. The van der Waals surface area contributed by atoms with Crippen LogP contribution in [0.5, 0.6) is 5.88 Å². The number of aryl methyl sites for hydroxylation is 1. The molecule has 1 rings (SSSR count). The van der Waals surface area contributed by atoms with Gasteiger partial charge >= 0.3 is 0 Å². The maximum Gasteiger partial charge on any atom is 0.222 e. The second-order valence-electron chi connectivity index (χ2n) is 4.30. The Bertz CT molecular complexity index is 361. The summed E-state index contributed by atoms with van der Waals surface area (Å²) in [5.41, 5.74) is 6.33. The smallest absolute Gasteiger partial charge is 0.222 e. The Kier molecular flexibility index (Phi) is 3.17. The summed E-state index contributed by atoms with van der Waals surface area (Å²) in [5, 5.41) is 0. The van der Waals surface area contributed by atoms with Crippen LogP contribution < -0.4 is 10.5 Å². The molecule has 0 radical (unpaired) electrons. The Morgan fingerprint density at radius 1 is 1.27 bits per heavy atom. The van der Waals surface area contributed by atoms with Gasteiger partial charge in [0.2, 0.25) is 5.88 Å². The summed E-state index contributed by atoms with van der Waals surface area (Å²) in [5.74, 6) is 1.72. The van der Waals surface area contributed by atoms with E-state index in [-0.39, 0.29) is 5.60 Å². The van der Waals surface area contributed by atoms with Gasteiger partial charge in [-0.2, -0.15) is 4.98 Å². The van der Waals surface area contributed by atoms with Gasteiger partial charge in [-0.1, -0.05) is 6.92 Å². The largest absolute Gasteiger partial charge is 0.471 e. The Labute approximate surface area is 90.9 Å². The number of nitrogens with two attached hydrogens (primary N) is 1. The molecule has 2 N–H and O–H groups in total. The lowest BCUT2D eigenvalue weighted by Crippen LogP contribution is -2.28. The van der Waals surface area contributed by atoms with Crippen molar-refractivity contribution in [2.75, 3.05) is 5.73 Å². The molecule has 4 heteroatoms. The van der Waals surface area contributed by atoms with E-state index in [1.807, 2.05) is 27.7 Å². The van der Waals surface area contributed by atoms with Crippen molar-refractivity contribution in [3.63, 3.8) is 0 Å². The van der Waals surface area contributed by atoms with Gasteiger partial charge in [-0.05, 0) is 34.1 Å². The lowest BCUT2D eigenvalue weighted by molar-refractivity contribution is 0.0977. The number of nitrogen functional groups attached to an aromatic ring is 1. The molecule has 0 aliphatic rings. The Hall–Kier alpha value is -1.32. The van der Waals surface area contributed by atoms with Crippen molar-refractivity contribution >= 4 is 5.82 Å². The van der Waals surface area contributed by atoms with Crippen molar-refractivity contribution in [3.8, 4) is 5.88 Å². The van der Waals surface area contributed by atoms with E-state index in [4.69, 9.17) is 10.5 Å². The summed E-state index contributed by atoms with van der Waals surface area (Å²) in [4.78, 5) is 8.33. The van der Waals surface area contributed by atoms with Crippen molar-refractivity contribution < 1.29 is 4.74 Å². The van der Waals surface area contributed by atoms with Gasteiger partial charge in [-0.3, -0.25) is 0 Å². The highest BCUT2D eigenvalue weighted by atomic mass is 16.5. The topological polar surface area (TPSA) is 61.0 Å². The lowest BCUT2D eigenvalue weighted by Gasteiger charge is -2.25. The highest BCUT2D eigenvalue weighted by molar-refractivity contribution is 5.44. The fourth-order valence-electron chi connectivity index (χ4n) is 1.06. The van der Waals surface area contributed by atoms with E-state index >= 15 is 0 Å². The molecule has 0 aliphatic heterocycles. The van der Waals surface area contributed by atoms with Crippen LogP contribution in [-0.4, -0.2) is 15.6 Å². The van der Waals surface area contributed by atoms with Crippen LogP contribution in [0.1, 0.15) is 38.6 Å². The van der Waals surface area contributed by atoms with E-state index in [1.165, 1.54) is 0 Å². The van der Waals surface area contributed by atoms with Crippen molar-refractivity contribution in [1.82, 2.24) is 9.97 Å². The number of hydrogen-bond acceptors (Lipinski definition) is 4. The molecule has 0 spiro atoms. The maximum absolute atomic E-state index is 5.81. The monoisotopic (exact) mass is 209 g/mol. The fourth-order valence-corrected chi connectivity index (χ4v) is 1.06. The molecule has 0 unspecified atom stereocenters. The minimum absolute atomic E-state index is 0.224. The number of hydrogen-bond donors (Lipinski definition) is 1. The zero-order valence-corrected chi connectivity index (χ0v) is 10.1. The van der Waals surface area contributed by atoms with Crippen LogP contribution in [-0.2, 0) is 0 Å². The van der Waals surface area contributed by atoms with E-state index in [1.54, 1.807) is 0 Å². The lowest BCUT2D eigenvalue weighted by atomic mass is 10.1. The molecule has 1 aromatic rings. The zero-order chi connectivity index (χ0) is 11.6. The van der Waals surface area contributed by atoms with E-state index in [2.05, 4.69) is 16.9 Å². The number of aromatic nitrogens is 2. The second kappa shape index (κ2) is 4.04. The molecule has 0 saturated carbocycles. The van der Waals surface area contributed by atoms with Gasteiger partial charge in [0.25, 0.3) is 0 Å². The molecule has 0 atom stereocenters. The van der Waals surface area contributed by atoms with Crippen LogP contribution in [0.15, 0.2) is 0 Å². The Morgan fingerprint density at radius 3 is 2.40 bits per heavy atom. The second-order valence-corrected chi connectivity index (χ2v) is 4.30. The average Bonchev–Trinajstić information content (AvgIpc) is 2.13. The predicted molar refractivity (Wildman–Crippen MR) is 60.9 cm³/mol. The first kappa shape index (κ1) is 11.8. The third-order valence-electron chi connectivity index (χ3n) is 2.48. The molecule has 84 valence electrons. The first-order chi connectivity index (χ1) is 6.85. The number of anilines is 1. The molecular formula is C11H19N3O. The molecule has 0 aromatic carbocycles.